The zero-order chi connectivity index (χ0) is 20.4. The van der Waals surface area contributed by atoms with Gasteiger partial charge in [-0.2, -0.15) is 0 Å². The number of hydrogen-bond acceptors (Lipinski definition) is 2. The Morgan fingerprint density at radius 2 is 1.38 bits per heavy atom. The summed E-state index contributed by atoms with van der Waals surface area (Å²) in [4.78, 5) is 0. The van der Waals surface area contributed by atoms with E-state index in [1.165, 1.54) is 44.9 Å². The molecule has 26 heavy (non-hydrogen) atoms. The van der Waals surface area contributed by atoms with Crippen LogP contribution in [-0.2, 0) is 4.43 Å². The molecule has 0 aliphatic rings. The molecule has 0 aliphatic heterocycles. The molecule has 0 bridgehead atoms. The second-order valence-corrected chi connectivity index (χ2v) is 15.0. The van der Waals surface area contributed by atoms with E-state index in [0.717, 1.165) is 18.8 Å². The van der Waals surface area contributed by atoms with E-state index in [-0.39, 0.29) is 23.2 Å². The van der Waals surface area contributed by atoms with E-state index in [0.29, 0.717) is 0 Å². The summed E-state index contributed by atoms with van der Waals surface area (Å²) < 4.78 is 6.48. The highest BCUT2D eigenvalue weighted by Gasteiger charge is 2.39. The minimum Gasteiger partial charge on any atom is -0.414 e. The molecule has 0 unspecified atom stereocenters. The molecule has 0 spiro atoms. The number of aliphatic hydroxyl groups is 1. The minimum atomic E-state index is -1.76. The van der Waals surface area contributed by atoms with Crippen molar-refractivity contribution in [1.29, 1.82) is 0 Å². The van der Waals surface area contributed by atoms with Crippen LogP contribution in [0.15, 0.2) is 0 Å². The van der Waals surface area contributed by atoms with Crippen molar-refractivity contribution in [2.75, 3.05) is 0 Å². The van der Waals surface area contributed by atoms with E-state index in [1.807, 2.05) is 0 Å². The third kappa shape index (κ3) is 10.5. The van der Waals surface area contributed by atoms with Gasteiger partial charge < -0.3 is 9.53 Å². The van der Waals surface area contributed by atoms with Crippen molar-refractivity contribution in [3.63, 3.8) is 0 Å². The molecule has 0 amide bonds. The first kappa shape index (κ1) is 26.1. The lowest BCUT2D eigenvalue weighted by Crippen LogP contribution is -2.46. The van der Waals surface area contributed by atoms with Crippen molar-refractivity contribution >= 4 is 8.32 Å². The summed E-state index contributed by atoms with van der Waals surface area (Å²) in [7, 11) is -1.76. The van der Waals surface area contributed by atoms with Crippen molar-refractivity contribution in [2.24, 2.45) is 11.8 Å². The average molecular weight is 387 g/mol. The zero-order valence-electron chi connectivity index (χ0n) is 19.5. The second kappa shape index (κ2) is 12.6. The summed E-state index contributed by atoms with van der Waals surface area (Å²) in [6.45, 7) is 20.3. The summed E-state index contributed by atoms with van der Waals surface area (Å²) in [6, 6.07) is 0. The quantitative estimate of drug-likeness (QED) is 0.246. The molecule has 0 radical (unpaired) electrons. The standard InChI is InChI=1S/C23H50O2Si/c1-10-11-12-13-14-15-16-19(2)17-18-22(24)20(3)21(4)25-26(8,9)23(5,6)7/h19-22,24H,10-18H2,1-9H3/t19-,20+,21+,22+/m0/s1. The molecule has 0 saturated heterocycles. The Labute approximate surface area is 166 Å². The largest absolute Gasteiger partial charge is 0.414 e. The van der Waals surface area contributed by atoms with Crippen LogP contribution in [0.5, 0.6) is 0 Å². The molecule has 4 atom stereocenters. The Morgan fingerprint density at radius 3 is 1.92 bits per heavy atom. The average Bonchev–Trinajstić information content (AvgIpc) is 2.53. The molecule has 0 rings (SSSR count). The molecule has 2 nitrogen and oxygen atoms in total. The minimum absolute atomic E-state index is 0.125. The lowest BCUT2D eigenvalue weighted by molar-refractivity contribution is 0.0291. The highest BCUT2D eigenvalue weighted by atomic mass is 28.4. The van der Waals surface area contributed by atoms with Gasteiger partial charge in [-0.15, -0.1) is 0 Å². The zero-order valence-corrected chi connectivity index (χ0v) is 20.5. The van der Waals surface area contributed by atoms with Crippen LogP contribution in [0.4, 0.5) is 0 Å². The van der Waals surface area contributed by atoms with Gasteiger partial charge in [-0.05, 0) is 43.8 Å². The lowest BCUT2D eigenvalue weighted by atomic mass is 9.90. The van der Waals surface area contributed by atoms with E-state index >= 15 is 0 Å². The maximum absolute atomic E-state index is 10.6. The van der Waals surface area contributed by atoms with Gasteiger partial charge in [0.05, 0.1) is 6.10 Å². The molecule has 0 aromatic rings. The SMILES string of the molecule is CCCCCCCC[C@H](C)CC[C@@H](O)[C@H](C)[C@@H](C)O[Si](C)(C)C(C)(C)C. The molecular weight excluding hydrogens is 336 g/mol. The topological polar surface area (TPSA) is 29.5 Å². The van der Waals surface area contributed by atoms with E-state index in [1.54, 1.807) is 0 Å². The molecule has 0 aromatic carbocycles. The van der Waals surface area contributed by atoms with Crippen LogP contribution in [0.25, 0.3) is 0 Å². The van der Waals surface area contributed by atoms with Gasteiger partial charge in [0.15, 0.2) is 8.32 Å². The van der Waals surface area contributed by atoms with Crippen LogP contribution in [0.1, 0.15) is 106 Å². The summed E-state index contributed by atoms with van der Waals surface area (Å²) in [5.74, 6) is 0.921. The van der Waals surface area contributed by atoms with Crippen LogP contribution in [-0.4, -0.2) is 25.6 Å². The molecule has 1 N–H and O–H groups in total. The highest BCUT2D eigenvalue weighted by Crippen LogP contribution is 2.38. The third-order valence-corrected chi connectivity index (χ3v) is 11.2. The Balaban J connectivity index is 4.12. The van der Waals surface area contributed by atoms with Gasteiger partial charge in [0.2, 0.25) is 0 Å². The second-order valence-electron chi connectivity index (χ2n) is 10.2. The lowest BCUT2D eigenvalue weighted by Gasteiger charge is -2.40. The maximum Gasteiger partial charge on any atom is 0.192 e. The number of unbranched alkanes of at least 4 members (excludes halogenated alkanes) is 5. The van der Waals surface area contributed by atoms with Crippen LogP contribution >= 0.6 is 0 Å². The third-order valence-electron chi connectivity index (χ3n) is 6.64. The molecule has 0 aliphatic carbocycles. The van der Waals surface area contributed by atoms with E-state index in [4.69, 9.17) is 4.43 Å². The fourth-order valence-corrected chi connectivity index (χ4v) is 4.69. The first-order chi connectivity index (χ1) is 11.9. The van der Waals surface area contributed by atoms with Crippen molar-refractivity contribution in [2.45, 2.75) is 137 Å². The molecule has 0 aromatic heterocycles. The Morgan fingerprint density at radius 1 is 0.846 bits per heavy atom. The van der Waals surface area contributed by atoms with Gasteiger partial charge in [0, 0.05) is 12.0 Å². The monoisotopic (exact) mass is 386 g/mol. The summed E-state index contributed by atoms with van der Waals surface area (Å²) >= 11 is 0. The summed E-state index contributed by atoms with van der Waals surface area (Å²) in [5, 5.41) is 10.9. The van der Waals surface area contributed by atoms with Crippen LogP contribution in [0, 0.1) is 11.8 Å². The van der Waals surface area contributed by atoms with Crippen molar-refractivity contribution < 1.29 is 9.53 Å². The van der Waals surface area contributed by atoms with Crippen molar-refractivity contribution in [3.05, 3.63) is 0 Å². The van der Waals surface area contributed by atoms with Gasteiger partial charge in [-0.25, -0.2) is 0 Å². The maximum atomic E-state index is 10.6. The smallest absolute Gasteiger partial charge is 0.192 e. The van der Waals surface area contributed by atoms with E-state index in [9.17, 15) is 5.11 Å². The normalized spacial score (nSPS) is 17.8. The van der Waals surface area contributed by atoms with Gasteiger partial charge >= 0.3 is 0 Å². The predicted octanol–water partition coefficient (Wildman–Crippen LogP) is 7.56. The fraction of sp³-hybridized carbons (Fsp3) is 1.00. The summed E-state index contributed by atoms with van der Waals surface area (Å²) in [5.41, 5.74) is 0. The van der Waals surface area contributed by atoms with E-state index < -0.39 is 8.32 Å². The van der Waals surface area contributed by atoms with Crippen molar-refractivity contribution in [3.8, 4) is 0 Å². The van der Waals surface area contributed by atoms with Crippen molar-refractivity contribution in [1.82, 2.24) is 0 Å². The molecule has 158 valence electrons. The van der Waals surface area contributed by atoms with Crippen LogP contribution < -0.4 is 0 Å². The molecular formula is C23H50O2Si. The van der Waals surface area contributed by atoms with Gasteiger partial charge in [0.1, 0.15) is 0 Å². The van der Waals surface area contributed by atoms with Crippen LogP contribution in [0.3, 0.4) is 0 Å². The van der Waals surface area contributed by atoms with Gasteiger partial charge in [0.25, 0.3) is 0 Å². The first-order valence-electron chi connectivity index (χ1n) is 11.3. The Kier molecular flexibility index (Phi) is 12.6. The summed E-state index contributed by atoms with van der Waals surface area (Å²) in [6.07, 6.45) is 11.4. The molecule has 3 heteroatoms. The Hall–Kier alpha value is 0.137. The predicted molar refractivity (Wildman–Crippen MR) is 119 cm³/mol. The first-order valence-corrected chi connectivity index (χ1v) is 14.2. The number of rotatable bonds is 14. The fourth-order valence-electron chi connectivity index (χ4n) is 3.20. The Bertz CT molecular complexity index is 349. The van der Waals surface area contributed by atoms with Crippen LogP contribution in [0.2, 0.25) is 18.1 Å². The highest BCUT2D eigenvalue weighted by molar-refractivity contribution is 6.74. The molecule has 0 heterocycles. The van der Waals surface area contributed by atoms with Gasteiger partial charge in [-0.1, -0.05) is 86.5 Å². The van der Waals surface area contributed by atoms with Gasteiger partial charge in [-0.3, -0.25) is 0 Å². The number of hydrogen-bond donors (Lipinski definition) is 1. The van der Waals surface area contributed by atoms with E-state index in [2.05, 4.69) is 61.6 Å². The molecule has 0 saturated carbocycles. The number of aliphatic hydroxyl groups excluding tert-OH is 1. The molecule has 0 fully saturated rings.